The molecule has 0 unspecified atom stereocenters. The number of rotatable bonds is 7. The van der Waals surface area contributed by atoms with Gasteiger partial charge in [-0.2, -0.15) is 0 Å². The molecule has 1 aromatic rings. The summed E-state index contributed by atoms with van der Waals surface area (Å²) in [6, 6.07) is 4.11. The smallest absolute Gasteiger partial charge is 0.223 e. The molecular weight excluding hydrogens is 260 g/mol. The Labute approximate surface area is 118 Å². The van der Waals surface area contributed by atoms with Gasteiger partial charge in [0.1, 0.15) is 0 Å². The summed E-state index contributed by atoms with van der Waals surface area (Å²) in [6.07, 6.45) is 1.77. The Hall–Kier alpha value is -0.910. The number of amides is 1. The van der Waals surface area contributed by atoms with Crippen molar-refractivity contribution in [2.75, 3.05) is 33.4 Å². The lowest BCUT2D eigenvalue weighted by atomic mass is 10.0. The van der Waals surface area contributed by atoms with E-state index in [4.69, 9.17) is 4.74 Å². The van der Waals surface area contributed by atoms with Gasteiger partial charge in [-0.3, -0.25) is 4.79 Å². The molecule has 106 valence electrons. The number of methoxy groups -OCH3 is 1. The molecule has 5 heteroatoms. The van der Waals surface area contributed by atoms with Crippen molar-refractivity contribution in [2.45, 2.75) is 19.4 Å². The molecule has 0 spiro atoms. The monoisotopic (exact) mass is 282 g/mol. The minimum absolute atomic E-state index is 0.249. The van der Waals surface area contributed by atoms with E-state index in [1.165, 1.54) is 4.88 Å². The third-order valence-electron chi connectivity index (χ3n) is 3.47. The summed E-state index contributed by atoms with van der Waals surface area (Å²) in [5.74, 6) is 0.750. The Morgan fingerprint density at radius 2 is 2.53 bits per heavy atom. The number of hydrogen-bond acceptors (Lipinski definition) is 4. The molecule has 4 nitrogen and oxygen atoms in total. The van der Waals surface area contributed by atoms with Gasteiger partial charge in [-0.05, 0) is 36.9 Å². The quantitative estimate of drug-likeness (QED) is 0.828. The van der Waals surface area contributed by atoms with Crippen molar-refractivity contribution in [3.63, 3.8) is 0 Å². The minimum atomic E-state index is 0.249. The maximum atomic E-state index is 12.4. The lowest BCUT2D eigenvalue weighted by molar-refractivity contribution is -0.133. The van der Waals surface area contributed by atoms with E-state index in [1.807, 2.05) is 11.0 Å². The number of carbonyl (C=O) groups excluding carboxylic acids is 1. The van der Waals surface area contributed by atoms with Crippen LogP contribution in [-0.4, -0.2) is 44.2 Å². The van der Waals surface area contributed by atoms with E-state index in [0.717, 1.165) is 19.5 Å². The molecule has 1 saturated heterocycles. The molecule has 1 atom stereocenters. The van der Waals surface area contributed by atoms with Crippen LogP contribution in [0, 0.1) is 5.92 Å². The lowest BCUT2D eigenvalue weighted by Gasteiger charge is -2.23. The molecule has 2 heterocycles. The van der Waals surface area contributed by atoms with Crippen LogP contribution in [0.3, 0.4) is 0 Å². The fraction of sp³-hybridized carbons (Fsp3) is 0.643. The van der Waals surface area contributed by atoms with Crippen molar-refractivity contribution in [3.8, 4) is 0 Å². The van der Waals surface area contributed by atoms with Crippen LogP contribution in [0.1, 0.15) is 17.7 Å². The number of nitrogens with one attached hydrogen (secondary N) is 1. The first kappa shape index (κ1) is 14.5. The number of nitrogens with zero attached hydrogens (tertiary/aromatic N) is 1. The summed E-state index contributed by atoms with van der Waals surface area (Å²) in [5.41, 5.74) is 0. The highest BCUT2D eigenvalue weighted by Gasteiger charge is 2.22. The van der Waals surface area contributed by atoms with Crippen LogP contribution in [0.15, 0.2) is 17.5 Å². The van der Waals surface area contributed by atoms with Crippen LogP contribution in [0.25, 0.3) is 0 Å². The van der Waals surface area contributed by atoms with Crippen LogP contribution < -0.4 is 5.32 Å². The Kier molecular flexibility index (Phi) is 5.82. The topological polar surface area (TPSA) is 41.6 Å². The van der Waals surface area contributed by atoms with Gasteiger partial charge in [0.15, 0.2) is 0 Å². The zero-order chi connectivity index (χ0) is 13.5. The molecule has 1 aliphatic heterocycles. The molecule has 0 radical (unpaired) electrons. The second-order valence-electron chi connectivity index (χ2n) is 4.95. The minimum Gasteiger partial charge on any atom is -0.383 e. The molecule has 1 aromatic heterocycles. The zero-order valence-electron chi connectivity index (χ0n) is 11.4. The summed E-state index contributed by atoms with van der Waals surface area (Å²) >= 11 is 1.70. The Morgan fingerprint density at radius 1 is 1.63 bits per heavy atom. The van der Waals surface area contributed by atoms with Crippen molar-refractivity contribution in [1.82, 2.24) is 10.2 Å². The van der Waals surface area contributed by atoms with Gasteiger partial charge in [-0.25, -0.2) is 0 Å². The summed E-state index contributed by atoms with van der Waals surface area (Å²) in [7, 11) is 1.68. The van der Waals surface area contributed by atoms with E-state index >= 15 is 0 Å². The lowest BCUT2D eigenvalue weighted by Crippen LogP contribution is -2.34. The van der Waals surface area contributed by atoms with Crippen molar-refractivity contribution in [3.05, 3.63) is 22.4 Å². The third kappa shape index (κ3) is 4.60. The predicted molar refractivity (Wildman–Crippen MR) is 77.2 cm³/mol. The van der Waals surface area contributed by atoms with E-state index in [-0.39, 0.29) is 5.91 Å². The fourth-order valence-electron chi connectivity index (χ4n) is 2.35. The molecule has 0 saturated carbocycles. The first-order chi connectivity index (χ1) is 9.29. The van der Waals surface area contributed by atoms with Crippen LogP contribution in [0.2, 0.25) is 0 Å². The number of ether oxygens (including phenoxy) is 1. The molecule has 0 aliphatic carbocycles. The van der Waals surface area contributed by atoms with Gasteiger partial charge < -0.3 is 15.0 Å². The number of carbonyl (C=O) groups is 1. The van der Waals surface area contributed by atoms with Gasteiger partial charge in [0.2, 0.25) is 5.91 Å². The fourth-order valence-corrected chi connectivity index (χ4v) is 3.07. The summed E-state index contributed by atoms with van der Waals surface area (Å²) < 4.78 is 5.11. The van der Waals surface area contributed by atoms with Crippen LogP contribution in [-0.2, 0) is 16.1 Å². The average molecular weight is 282 g/mol. The molecule has 1 N–H and O–H groups in total. The van der Waals surface area contributed by atoms with Gasteiger partial charge in [-0.1, -0.05) is 6.07 Å². The Morgan fingerprint density at radius 3 is 3.16 bits per heavy atom. The SMILES string of the molecule is COCCN(Cc1cccs1)C(=O)C[C@@H]1CCNC1. The summed E-state index contributed by atoms with van der Waals surface area (Å²) in [5, 5.41) is 5.36. The van der Waals surface area contributed by atoms with Gasteiger partial charge in [0.05, 0.1) is 13.2 Å². The Bertz CT molecular complexity index is 375. The largest absolute Gasteiger partial charge is 0.383 e. The van der Waals surface area contributed by atoms with Crippen molar-refractivity contribution in [2.24, 2.45) is 5.92 Å². The summed E-state index contributed by atoms with van der Waals surface area (Å²) in [4.78, 5) is 15.5. The van der Waals surface area contributed by atoms with Crippen molar-refractivity contribution >= 4 is 17.2 Å². The molecule has 1 amide bonds. The maximum absolute atomic E-state index is 12.4. The predicted octanol–water partition coefficient (Wildman–Crippen LogP) is 1.72. The maximum Gasteiger partial charge on any atom is 0.223 e. The van der Waals surface area contributed by atoms with Gasteiger partial charge in [0, 0.05) is 25.0 Å². The average Bonchev–Trinajstić information content (AvgIpc) is 3.07. The third-order valence-corrected chi connectivity index (χ3v) is 4.33. The second kappa shape index (κ2) is 7.62. The van der Waals surface area contributed by atoms with Crippen LogP contribution in [0.5, 0.6) is 0 Å². The highest BCUT2D eigenvalue weighted by atomic mass is 32.1. The molecule has 0 bridgehead atoms. The van der Waals surface area contributed by atoms with Crippen LogP contribution >= 0.6 is 11.3 Å². The van der Waals surface area contributed by atoms with Crippen molar-refractivity contribution < 1.29 is 9.53 Å². The van der Waals surface area contributed by atoms with E-state index in [1.54, 1.807) is 18.4 Å². The van der Waals surface area contributed by atoms with E-state index in [2.05, 4.69) is 16.8 Å². The second-order valence-corrected chi connectivity index (χ2v) is 5.98. The molecule has 1 fully saturated rings. The number of thiophene rings is 1. The standard InChI is InChI=1S/C14H22N2O2S/c1-18-7-6-16(11-13-3-2-8-19-13)14(17)9-12-4-5-15-10-12/h2-3,8,12,15H,4-7,9-11H2,1H3/t12-/m0/s1. The summed E-state index contributed by atoms with van der Waals surface area (Å²) in [6.45, 7) is 4.00. The first-order valence-electron chi connectivity index (χ1n) is 6.79. The van der Waals surface area contributed by atoms with Gasteiger partial charge in [0.25, 0.3) is 0 Å². The van der Waals surface area contributed by atoms with Gasteiger partial charge in [-0.15, -0.1) is 11.3 Å². The number of hydrogen-bond donors (Lipinski definition) is 1. The van der Waals surface area contributed by atoms with E-state index < -0.39 is 0 Å². The molecule has 0 aromatic carbocycles. The van der Waals surface area contributed by atoms with E-state index in [9.17, 15) is 4.79 Å². The normalized spacial score (nSPS) is 18.7. The first-order valence-corrected chi connectivity index (χ1v) is 7.67. The molecule has 19 heavy (non-hydrogen) atoms. The molecular formula is C14H22N2O2S. The highest BCUT2D eigenvalue weighted by molar-refractivity contribution is 7.09. The zero-order valence-corrected chi connectivity index (χ0v) is 12.2. The Balaban J connectivity index is 1.89. The van der Waals surface area contributed by atoms with E-state index in [0.29, 0.717) is 32.0 Å². The molecule has 2 rings (SSSR count). The van der Waals surface area contributed by atoms with Crippen LogP contribution in [0.4, 0.5) is 0 Å². The molecule has 1 aliphatic rings. The highest BCUT2D eigenvalue weighted by Crippen LogP contribution is 2.17. The van der Waals surface area contributed by atoms with Crippen molar-refractivity contribution in [1.29, 1.82) is 0 Å². The van der Waals surface area contributed by atoms with Gasteiger partial charge >= 0.3 is 0 Å².